The SMILES string of the molecule is COc1ccc(CN2CCC(N(C)c3ccnc(C4CC4)n3)C2)cc1. The molecule has 1 unspecified atom stereocenters. The molecule has 1 saturated heterocycles. The highest BCUT2D eigenvalue weighted by atomic mass is 16.5. The van der Waals surface area contributed by atoms with Crippen molar-refractivity contribution in [2.75, 3.05) is 32.1 Å². The number of hydrogen-bond acceptors (Lipinski definition) is 5. The third kappa shape index (κ3) is 3.76. The normalized spacial score (nSPS) is 20.6. The van der Waals surface area contributed by atoms with Crippen molar-refractivity contribution in [3.8, 4) is 5.75 Å². The van der Waals surface area contributed by atoms with Gasteiger partial charge in [-0.25, -0.2) is 9.97 Å². The number of likely N-dealkylation sites (tertiary alicyclic amines) is 1. The van der Waals surface area contributed by atoms with Crippen LogP contribution < -0.4 is 9.64 Å². The van der Waals surface area contributed by atoms with E-state index in [0.29, 0.717) is 12.0 Å². The number of likely N-dealkylation sites (N-methyl/N-ethyl adjacent to an activating group) is 1. The molecule has 1 saturated carbocycles. The number of benzene rings is 1. The van der Waals surface area contributed by atoms with E-state index in [0.717, 1.165) is 37.0 Å². The van der Waals surface area contributed by atoms with Gasteiger partial charge in [0.2, 0.25) is 0 Å². The van der Waals surface area contributed by atoms with Gasteiger partial charge in [-0.2, -0.15) is 0 Å². The molecule has 1 aliphatic heterocycles. The average Bonchev–Trinajstić information content (AvgIpc) is 3.41. The molecule has 0 spiro atoms. The molecule has 2 aliphatic rings. The predicted molar refractivity (Wildman–Crippen MR) is 99.1 cm³/mol. The molecule has 5 nitrogen and oxygen atoms in total. The minimum atomic E-state index is 0.514. The summed E-state index contributed by atoms with van der Waals surface area (Å²) < 4.78 is 5.24. The first-order valence-corrected chi connectivity index (χ1v) is 9.14. The van der Waals surface area contributed by atoms with Gasteiger partial charge in [-0.05, 0) is 43.0 Å². The van der Waals surface area contributed by atoms with Gasteiger partial charge in [-0.3, -0.25) is 4.90 Å². The van der Waals surface area contributed by atoms with Gasteiger partial charge in [0.1, 0.15) is 17.4 Å². The second-order valence-corrected chi connectivity index (χ2v) is 7.18. The van der Waals surface area contributed by atoms with Crippen molar-refractivity contribution in [3.63, 3.8) is 0 Å². The molecule has 1 aliphatic carbocycles. The van der Waals surface area contributed by atoms with Crippen LogP contribution in [0.5, 0.6) is 5.75 Å². The molecular weight excluding hydrogens is 312 g/mol. The third-order valence-electron chi connectivity index (χ3n) is 5.32. The predicted octanol–water partition coefficient (Wildman–Crippen LogP) is 3.07. The van der Waals surface area contributed by atoms with Crippen LogP contribution in [0.15, 0.2) is 36.5 Å². The van der Waals surface area contributed by atoms with Crippen LogP contribution in [0.2, 0.25) is 0 Å². The van der Waals surface area contributed by atoms with E-state index in [1.807, 2.05) is 24.4 Å². The van der Waals surface area contributed by atoms with Gasteiger partial charge >= 0.3 is 0 Å². The van der Waals surface area contributed by atoms with E-state index < -0.39 is 0 Å². The molecule has 0 amide bonds. The fourth-order valence-electron chi connectivity index (χ4n) is 3.55. The topological polar surface area (TPSA) is 41.5 Å². The molecule has 2 fully saturated rings. The fraction of sp³-hybridized carbons (Fsp3) is 0.500. The zero-order chi connectivity index (χ0) is 17.2. The summed E-state index contributed by atoms with van der Waals surface area (Å²) in [6, 6.07) is 10.9. The lowest BCUT2D eigenvalue weighted by Crippen LogP contribution is -2.35. The fourth-order valence-corrected chi connectivity index (χ4v) is 3.55. The summed E-state index contributed by atoms with van der Waals surface area (Å²) in [4.78, 5) is 14.1. The van der Waals surface area contributed by atoms with Crippen LogP contribution in [0.25, 0.3) is 0 Å². The smallest absolute Gasteiger partial charge is 0.133 e. The van der Waals surface area contributed by atoms with Crippen LogP contribution >= 0.6 is 0 Å². The van der Waals surface area contributed by atoms with Crippen LogP contribution in [0.4, 0.5) is 5.82 Å². The first kappa shape index (κ1) is 16.3. The number of rotatable bonds is 6. The Bertz CT molecular complexity index is 714. The maximum Gasteiger partial charge on any atom is 0.133 e. The molecule has 1 atom stereocenters. The average molecular weight is 338 g/mol. The molecule has 0 N–H and O–H groups in total. The second kappa shape index (κ2) is 7.00. The number of nitrogens with zero attached hydrogens (tertiary/aromatic N) is 4. The van der Waals surface area contributed by atoms with E-state index in [1.165, 1.54) is 24.8 Å². The van der Waals surface area contributed by atoms with Crippen LogP contribution in [0, 0.1) is 0 Å². The Hall–Kier alpha value is -2.14. The van der Waals surface area contributed by atoms with Crippen molar-refractivity contribution in [2.24, 2.45) is 0 Å². The zero-order valence-electron chi connectivity index (χ0n) is 15.1. The summed E-state index contributed by atoms with van der Waals surface area (Å²) in [5.74, 6) is 3.60. The van der Waals surface area contributed by atoms with Crippen LogP contribution in [0.1, 0.15) is 36.6 Å². The molecule has 25 heavy (non-hydrogen) atoms. The minimum absolute atomic E-state index is 0.514. The number of anilines is 1. The maximum atomic E-state index is 5.24. The first-order valence-electron chi connectivity index (χ1n) is 9.14. The van der Waals surface area contributed by atoms with Gasteiger partial charge in [-0.15, -0.1) is 0 Å². The molecule has 2 aromatic rings. The molecule has 0 bridgehead atoms. The molecule has 1 aromatic carbocycles. The Morgan fingerprint density at radius 3 is 2.68 bits per heavy atom. The standard InChI is InChI=1S/C20H26N4O/c1-23(19-9-11-21-20(22-19)16-5-6-16)17-10-12-24(14-17)13-15-3-7-18(25-2)8-4-15/h3-4,7-9,11,16-17H,5-6,10,12-14H2,1-2H3. The van der Waals surface area contributed by atoms with E-state index in [1.54, 1.807) is 7.11 Å². The van der Waals surface area contributed by atoms with Gasteiger partial charge in [0.05, 0.1) is 7.11 Å². The Balaban J connectivity index is 1.37. The Morgan fingerprint density at radius 2 is 1.96 bits per heavy atom. The lowest BCUT2D eigenvalue weighted by atomic mass is 10.2. The summed E-state index contributed by atoms with van der Waals surface area (Å²) in [5, 5.41) is 0. The summed E-state index contributed by atoms with van der Waals surface area (Å²) in [6.45, 7) is 3.19. The number of ether oxygens (including phenoxy) is 1. The largest absolute Gasteiger partial charge is 0.497 e. The summed E-state index contributed by atoms with van der Waals surface area (Å²) >= 11 is 0. The van der Waals surface area contributed by atoms with E-state index in [2.05, 4.69) is 34.0 Å². The molecule has 132 valence electrons. The second-order valence-electron chi connectivity index (χ2n) is 7.18. The minimum Gasteiger partial charge on any atom is -0.497 e. The highest BCUT2D eigenvalue weighted by Gasteiger charge is 2.29. The van der Waals surface area contributed by atoms with Crippen LogP contribution in [0.3, 0.4) is 0 Å². The van der Waals surface area contributed by atoms with Crippen molar-refractivity contribution >= 4 is 5.82 Å². The van der Waals surface area contributed by atoms with Crippen LogP contribution in [-0.2, 0) is 6.54 Å². The Labute approximate surface area is 149 Å². The molecule has 4 rings (SSSR count). The number of methoxy groups -OCH3 is 1. The lowest BCUT2D eigenvalue weighted by molar-refractivity contribution is 0.325. The Kier molecular flexibility index (Phi) is 4.57. The summed E-state index contributed by atoms with van der Waals surface area (Å²) in [5.41, 5.74) is 1.34. The van der Waals surface area contributed by atoms with E-state index in [-0.39, 0.29) is 0 Å². The summed E-state index contributed by atoms with van der Waals surface area (Å²) in [7, 11) is 3.87. The molecular formula is C20H26N4O. The summed E-state index contributed by atoms with van der Waals surface area (Å²) in [6.07, 6.45) is 5.57. The number of hydrogen-bond donors (Lipinski definition) is 0. The van der Waals surface area contributed by atoms with E-state index in [9.17, 15) is 0 Å². The molecule has 5 heteroatoms. The highest BCUT2D eigenvalue weighted by molar-refractivity contribution is 5.39. The highest BCUT2D eigenvalue weighted by Crippen LogP contribution is 2.38. The van der Waals surface area contributed by atoms with Gasteiger partial charge in [0, 0.05) is 44.8 Å². The zero-order valence-corrected chi connectivity index (χ0v) is 15.1. The van der Waals surface area contributed by atoms with Crippen molar-refractivity contribution in [3.05, 3.63) is 47.9 Å². The van der Waals surface area contributed by atoms with Gasteiger partial charge in [0.25, 0.3) is 0 Å². The monoisotopic (exact) mass is 338 g/mol. The van der Waals surface area contributed by atoms with E-state index >= 15 is 0 Å². The Morgan fingerprint density at radius 1 is 1.16 bits per heavy atom. The van der Waals surface area contributed by atoms with Crippen molar-refractivity contribution < 1.29 is 4.74 Å². The van der Waals surface area contributed by atoms with Crippen molar-refractivity contribution in [1.82, 2.24) is 14.9 Å². The quantitative estimate of drug-likeness (QED) is 0.810. The lowest BCUT2D eigenvalue weighted by Gasteiger charge is -2.26. The van der Waals surface area contributed by atoms with Gasteiger partial charge in [-0.1, -0.05) is 12.1 Å². The molecule has 2 heterocycles. The van der Waals surface area contributed by atoms with Gasteiger partial charge in [0.15, 0.2) is 0 Å². The number of aromatic nitrogens is 2. The van der Waals surface area contributed by atoms with Crippen molar-refractivity contribution in [1.29, 1.82) is 0 Å². The molecule has 1 aromatic heterocycles. The van der Waals surface area contributed by atoms with Crippen LogP contribution in [-0.4, -0.2) is 48.2 Å². The van der Waals surface area contributed by atoms with Crippen molar-refractivity contribution in [2.45, 2.75) is 37.8 Å². The van der Waals surface area contributed by atoms with Gasteiger partial charge < -0.3 is 9.64 Å². The first-order chi connectivity index (χ1) is 12.2. The maximum absolute atomic E-state index is 5.24. The third-order valence-corrected chi connectivity index (χ3v) is 5.32. The molecule has 0 radical (unpaired) electrons. The van der Waals surface area contributed by atoms with E-state index in [4.69, 9.17) is 9.72 Å².